The van der Waals surface area contributed by atoms with Crippen LogP contribution in [-0.4, -0.2) is 7.25 Å². The van der Waals surface area contributed by atoms with Crippen molar-refractivity contribution in [3.63, 3.8) is 0 Å². The molecule has 0 aliphatic rings. The van der Waals surface area contributed by atoms with Gasteiger partial charge in [-0.3, -0.25) is 0 Å². The molecular weight excluding hydrogens is 159 g/mol. The van der Waals surface area contributed by atoms with Crippen LogP contribution in [0, 0.1) is 0 Å². The summed E-state index contributed by atoms with van der Waals surface area (Å²) >= 11 is 0.370. The molecule has 0 unspecified atom stereocenters. The van der Waals surface area contributed by atoms with E-state index in [4.69, 9.17) is 4.21 Å². The van der Waals surface area contributed by atoms with Crippen LogP contribution in [0.25, 0.3) is 0 Å². The molecule has 0 amide bonds. The summed E-state index contributed by atoms with van der Waals surface area (Å²) in [6.07, 6.45) is 0. The normalized spacial score (nSPS) is 8.89. The third-order valence-electron chi connectivity index (χ3n) is 0.0680. The first kappa shape index (κ1) is 11.4. The zero-order valence-electron chi connectivity index (χ0n) is 4.19. The first-order valence-electron chi connectivity index (χ1n) is 1.68. The quantitative estimate of drug-likeness (QED) is 0.326. The molecule has 0 aliphatic heterocycles. The third kappa shape index (κ3) is 781. The average Bonchev–Trinajstić information content (AvgIpc) is 1.61. The highest BCUT2D eigenvalue weighted by Crippen LogP contribution is 2.06. The van der Waals surface area contributed by atoms with E-state index in [-0.39, 0.29) is 0 Å². The molecule has 0 saturated carbocycles. The number of hydrogen-bond donors (Lipinski definition) is 0. The Morgan fingerprint density at radius 3 is 1.44 bits per heavy atom. The molecule has 1 nitrogen and oxygen atoms in total. The minimum absolute atomic E-state index is 0.370. The molecule has 0 atom stereocenters. The number of halogens is 4. The molecule has 0 aromatic heterocycles. The van der Waals surface area contributed by atoms with E-state index in [9.17, 15) is 17.3 Å². The second-order valence-electron chi connectivity index (χ2n) is 0.758. The van der Waals surface area contributed by atoms with Gasteiger partial charge in [0.1, 0.15) is 0 Å². The topological polar surface area (TPSA) is 17.1 Å². The van der Waals surface area contributed by atoms with Gasteiger partial charge in [-0.15, -0.1) is 0 Å². The van der Waals surface area contributed by atoms with Crippen LogP contribution in [0.4, 0.5) is 17.3 Å². The summed E-state index contributed by atoms with van der Waals surface area (Å²) in [4.78, 5) is 0. The molecule has 9 heavy (non-hydrogen) atoms. The maximum atomic E-state index is 9.75. The second-order valence-corrected chi connectivity index (χ2v) is 1.28. The van der Waals surface area contributed by atoms with Crippen molar-refractivity contribution in [1.29, 1.82) is 0 Å². The van der Waals surface area contributed by atoms with Crippen molar-refractivity contribution in [2.24, 2.45) is 0 Å². The molecule has 54 valence electrons. The summed E-state index contributed by atoms with van der Waals surface area (Å²) in [5.74, 6) is 0. The third-order valence-corrected chi connectivity index (χ3v) is 0.204. The van der Waals surface area contributed by atoms with E-state index in [1.54, 1.807) is 0 Å². The predicted octanol–water partition coefficient (Wildman–Crippen LogP) is 1.86. The van der Waals surface area contributed by atoms with Gasteiger partial charge in [-0.05, 0) is 6.58 Å². The maximum Gasteiger partial charge on any atom is 0.673 e. The number of hydrogen-bond acceptors (Lipinski definition) is 1. The van der Waals surface area contributed by atoms with E-state index in [0.717, 1.165) is 0 Å². The maximum absolute atomic E-state index is 9.75. The van der Waals surface area contributed by atoms with Crippen LogP contribution in [0.5, 0.6) is 0 Å². The molecule has 0 saturated heterocycles. The van der Waals surface area contributed by atoms with Crippen LogP contribution in [0.15, 0.2) is 12.0 Å². The van der Waals surface area contributed by atoms with Crippen molar-refractivity contribution in [3.05, 3.63) is 12.0 Å². The molecule has 0 N–H and O–H groups in total. The predicted molar refractivity (Wildman–Crippen MR) is 28.4 cm³/mol. The Labute approximate surface area is 53.3 Å². The summed E-state index contributed by atoms with van der Waals surface area (Å²) < 4.78 is 48.1. The smallest absolute Gasteiger partial charge is 0.418 e. The Bertz CT molecular complexity index is 79.1. The summed E-state index contributed by atoms with van der Waals surface area (Å²) in [5.41, 5.74) is 0. The standard InChI is InChI=1S/C2H3OS.BF4/c1-2-4-3;2-1(3,4)5/h2H,1H2;/q+1;-1. The van der Waals surface area contributed by atoms with Gasteiger partial charge in [-0.2, -0.15) is 0 Å². The fourth-order valence-corrected chi connectivity index (χ4v) is 0. The summed E-state index contributed by atoms with van der Waals surface area (Å²) in [5, 5.41) is 1.24. The van der Waals surface area contributed by atoms with E-state index < -0.39 is 7.25 Å². The van der Waals surface area contributed by atoms with Crippen LogP contribution in [0.2, 0.25) is 0 Å². The van der Waals surface area contributed by atoms with E-state index >= 15 is 0 Å². The summed E-state index contributed by atoms with van der Waals surface area (Å²) in [7, 11) is -6.00. The van der Waals surface area contributed by atoms with E-state index in [1.165, 1.54) is 5.41 Å². The minimum Gasteiger partial charge on any atom is -0.418 e. The molecular formula is C2H3BF4OS. The van der Waals surface area contributed by atoms with Crippen molar-refractivity contribution in [3.8, 4) is 0 Å². The lowest BCUT2D eigenvalue weighted by atomic mass is 10.3. The van der Waals surface area contributed by atoms with Crippen molar-refractivity contribution in [2.75, 3.05) is 0 Å². The second kappa shape index (κ2) is 5.68. The monoisotopic (exact) mass is 162 g/mol. The Morgan fingerprint density at radius 2 is 1.44 bits per heavy atom. The largest absolute Gasteiger partial charge is 0.673 e. The summed E-state index contributed by atoms with van der Waals surface area (Å²) in [6.45, 7) is 3.13. The lowest BCUT2D eigenvalue weighted by Gasteiger charge is -1.94. The van der Waals surface area contributed by atoms with Crippen molar-refractivity contribution in [1.82, 2.24) is 0 Å². The minimum atomic E-state index is -6.00. The highest BCUT2D eigenvalue weighted by atomic mass is 32.1. The van der Waals surface area contributed by atoms with Gasteiger partial charge in [0.2, 0.25) is 5.41 Å². The number of rotatable bonds is 1. The zero-order chi connectivity index (χ0) is 7.91. The van der Waals surface area contributed by atoms with Crippen LogP contribution in [0.3, 0.4) is 0 Å². The lowest BCUT2D eigenvalue weighted by Crippen LogP contribution is -2.02. The molecule has 0 aromatic carbocycles. The van der Waals surface area contributed by atoms with Crippen LogP contribution in [-0.2, 0) is 15.9 Å². The SMILES string of the molecule is C=C[S+]=O.F[B-](F)(F)F. The fraction of sp³-hybridized carbons (Fsp3) is 0. The Morgan fingerprint density at radius 1 is 1.33 bits per heavy atom. The zero-order valence-corrected chi connectivity index (χ0v) is 5.01. The van der Waals surface area contributed by atoms with Crippen molar-refractivity contribution >= 4 is 18.9 Å². The van der Waals surface area contributed by atoms with E-state index in [2.05, 4.69) is 6.58 Å². The first-order chi connectivity index (χ1) is 3.91. The molecule has 0 aliphatic carbocycles. The van der Waals surface area contributed by atoms with Gasteiger partial charge in [-0.25, -0.2) is 0 Å². The molecule has 0 heterocycles. The van der Waals surface area contributed by atoms with Crippen LogP contribution in [0.1, 0.15) is 0 Å². The van der Waals surface area contributed by atoms with Crippen molar-refractivity contribution in [2.45, 2.75) is 0 Å². The molecule has 0 aromatic rings. The van der Waals surface area contributed by atoms with Gasteiger partial charge < -0.3 is 17.3 Å². The molecule has 0 fully saturated rings. The van der Waals surface area contributed by atoms with E-state index in [1.807, 2.05) is 0 Å². The first-order valence-corrected chi connectivity index (χ1v) is 2.49. The van der Waals surface area contributed by atoms with Gasteiger partial charge in [0.15, 0.2) is 0 Å². The highest BCUT2D eigenvalue weighted by Gasteiger charge is 2.20. The van der Waals surface area contributed by atoms with Crippen molar-refractivity contribution < 1.29 is 21.5 Å². The lowest BCUT2D eigenvalue weighted by molar-refractivity contribution is 0.368. The Balaban J connectivity index is 0. The van der Waals surface area contributed by atoms with E-state index in [0.29, 0.717) is 11.7 Å². The van der Waals surface area contributed by atoms with Gasteiger partial charge >= 0.3 is 18.9 Å². The fourth-order valence-electron chi connectivity index (χ4n) is 0. The average molecular weight is 162 g/mol. The Hall–Kier alpha value is -0.455. The van der Waals surface area contributed by atoms with Gasteiger partial charge in [0.05, 0.1) is 0 Å². The molecule has 0 bridgehead atoms. The van der Waals surface area contributed by atoms with Crippen LogP contribution < -0.4 is 0 Å². The van der Waals surface area contributed by atoms with Gasteiger partial charge in [0, 0.05) is 4.21 Å². The molecule has 0 rings (SSSR count). The van der Waals surface area contributed by atoms with Crippen LogP contribution >= 0.6 is 0 Å². The highest BCUT2D eigenvalue weighted by molar-refractivity contribution is 7.68. The molecule has 0 spiro atoms. The van der Waals surface area contributed by atoms with Gasteiger partial charge in [-0.1, -0.05) is 0 Å². The summed E-state index contributed by atoms with van der Waals surface area (Å²) in [6, 6.07) is 0. The molecule has 0 radical (unpaired) electrons. The Kier molecular flexibility index (Phi) is 7.16. The molecule has 7 heteroatoms. The van der Waals surface area contributed by atoms with Gasteiger partial charge in [0.25, 0.3) is 0 Å².